The van der Waals surface area contributed by atoms with Crippen molar-refractivity contribution in [1.82, 2.24) is 4.98 Å². The lowest BCUT2D eigenvalue weighted by atomic mass is 9.94. The maximum absolute atomic E-state index is 14.3. The van der Waals surface area contributed by atoms with Gasteiger partial charge >= 0.3 is 0 Å². The predicted octanol–water partition coefficient (Wildman–Crippen LogP) is 2.49. The van der Waals surface area contributed by atoms with Crippen LogP contribution in [0.5, 0.6) is 5.75 Å². The Labute approximate surface area is 108 Å². The maximum atomic E-state index is 14.3. The number of nitrogens with two attached hydrogens (primary N) is 1. The molecule has 1 atom stereocenters. The van der Waals surface area contributed by atoms with Crippen LogP contribution in [0.15, 0.2) is 41.7 Å². The Morgan fingerprint density at radius 3 is 3.00 bits per heavy atom. The molecule has 0 fully saturated rings. The summed E-state index contributed by atoms with van der Waals surface area (Å²) in [5, 5.41) is 8.71. The number of ether oxygens (including phenoxy) is 1. The van der Waals surface area contributed by atoms with Gasteiger partial charge in [0.05, 0.1) is 0 Å². The lowest BCUT2D eigenvalue weighted by molar-refractivity contribution is 0.161. The Bertz CT molecular complexity index is 615. The number of alkyl halides is 1. The third-order valence-electron chi connectivity index (χ3n) is 2.67. The van der Waals surface area contributed by atoms with E-state index in [9.17, 15) is 8.78 Å². The van der Waals surface area contributed by atoms with E-state index in [1.807, 2.05) is 6.07 Å². The number of hydrogen-bond donors (Lipinski definition) is 1. The van der Waals surface area contributed by atoms with Crippen LogP contribution in [-0.2, 0) is 0 Å². The zero-order chi connectivity index (χ0) is 14.0. The van der Waals surface area contributed by atoms with Crippen LogP contribution in [0.1, 0.15) is 19.0 Å². The minimum Gasteiger partial charge on any atom is -0.458 e. The van der Waals surface area contributed by atoms with Crippen molar-refractivity contribution in [2.45, 2.75) is 19.0 Å². The first kappa shape index (κ1) is 13.0. The molecule has 0 aliphatic heterocycles. The molecule has 1 aromatic rings. The normalized spacial score (nSPS) is 22.7. The average Bonchev–Trinajstić information content (AvgIpc) is 2.36. The molecule has 4 nitrogen and oxygen atoms in total. The van der Waals surface area contributed by atoms with E-state index >= 15 is 0 Å². The van der Waals surface area contributed by atoms with E-state index in [2.05, 4.69) is 4.98 Å². The largest absolute Gasteiger partial charge is 0.458 e. The number of allylic oxidation sites excluding steroid dienone is 4. The van der Waals surface area contributed by atoms with Crippen molar-refractivity contribution >= 4 is 0 Å². The Morgan fingerprint density at radius 1 is 1.58 bits per heavy atom. The number of aromatic nitrogens is 1. The SMILES string of the molecule is CC1(F)CC(N)=C(F)C=C1Oc1ccnc(C#N)c1. The Kier molecular flexibility index (Phi) is 3.21. The van der Waals surface area contributed by atoms with Gasteiger partial charge in [-0.25, -0.2) is 13.8 Å². The first-order valence-corrected chi connectivity index (χ1v) is 5.51. The molecule has 2 rings (SSSR count). The minimum absolute atomic E-state index is 0.130. The highest BCUT2D eigenvalue weighted by molar-refractivity contribution is 5.36. The summed E-state index contributed by atoms with van der Waals surface area (Å²) in [4.78, 5) is 3.76. The summed E-state index contributed by atoms with van der Waals surface area (Å²) >= 11 is 0. The van der Waals surface area contributed by atoms with Crippen molar-refractivity contribution in [2.75, 3.05) is 0 Å². The van der Waals surface area contributed by atoms with E-state index in [1.54, 1.807) is 0 Å². The van der Waals surface area contributed by atoms with Gasteiger partial charge in [-0.2, -0.15) is 5.26 Å². The van der Waals surface area contributed by atoms with E-state index in [1.165, 1.54) is 25.3 Å². The highest BCUT2D eigenvalue weighted by atomic mass is 19.1. The first-order chi connectivity index (χ1) is 8.92. The molecule has 1 unspecified atom stereocenters. The van der Waals surface area contributed by atoms with E-state index < -0.39 is 11.5 Å². The van der Waals surface area contributed by atoms with Crippen LogP contribution in [0.4, 0.5) is 8.78 Å². The summed E-state index contributed by atoms with van der Waals surface area (Å²) in [6.45, 7) is 1.25. The van der Waals surface area contributed by atoms with Gasteiger partial charge < -0.3 is 10.5 Å². The fourth-order valence-corrected chi connectivity index (χ4v) is 1.69. The molecule has 0 amide bonds. The van der Waals surface area contributed by atoms with Crippen LogP contribution < -0.4 is 10.5 Å². The first-order valence-electron chi connectivity index (χ1n) is 5.51. The lowest BCUT2D eigenvalue weighted by Gasteiger charge is -2.27. The third kappa shape index (κ3) is 2.71. The van der Waals surface area contributed by atoms with Crippen LogP contribution in [-0.4, -0.2) is 10.7 Å². The summed E-state index contributed by atoms with van der Waals surface area (Å²) < 4.78 is 33.0. The second kappa shape index (κ2) is 4.69. The molecular formula is C13H11F2N3O. The van der Waals surface area contributed by atoms with Crippen molar-refractivity contribution in [3.05, 3.63) is 47.4 Å². The molecule has 2 N–H and O–H groups in total. The molecule has 1 heterocycles. The van der Waals surface area contributed by atoms with Crippen molar-refractivity contribution in [2.24, 2.45) is 5.73 Å². The molecule has 0 saturated heterocycles. The quantitative estimate of drug-likeness (QED) is 0.889. The van der Waals surface area contributed by atoms with Gasteiger partial charge in [0.15, 0.2) is 5.67 Å². The van der Waals surface area contributed by atoms with Gasteiger partial charge in [-0.05, 0) is 13.0 Å². The van der Waals surface area contributed by atoms with E-state index in [4.69, 9.17) is 15.7 Å². The van der Waals surface area contributed by atoms with Crippen LogP contribution in [0.2, 0.25) is 0 Å². The second-order valence-corrected chi connectivity index (χ2v) is 4.35. The van der Waals surface area contributed by atoms with Gasteiger partial charge in [0.2, 0.25) is 0 Å². The van der Waals surface area contributed by atoms with Crippen molar-refractivity contribution < 1.29 is 13.5 Å². The number of nitrogens with zero attached hydrogens (tertiary/aromatic N) is 2. The summed E-state index contributed by atoms with van der Waals surface area (Å²) in [7, 11) is 0. The zero-order valence-corrected chi connectivity index (χ0v) is 10.2. The Morgan fingerprint density at radius 2 is 2.32 bits per heavy atom. The van der Waals surface area contributed by atoms with Crippen LogP contribution in [0.3, 0.4) is 0 Å². The number of halogens is 2. The van der Waals surface area contributed by atoms with Gasteiger partial charge in [-0.1, -0.05) is 0 Å². The molecule has 0 radical (unpaired) electrons. The van der Waals surface area contributed by atoms with E-state index in [0.717, 1.165) is 6.08 Å². The van der Waals surface area contributed by atoms with E-state index in [-0.39, 0.29) is 29.3 Å². The van der Waals surface area contributed by atoms with E-state index in [0.29, 0.717) is 0 Å². The molecule has 0 saturated carbocycles. The molecular weight excluding hydrogens is 252 g/mol. The highest BCUT2D eigenvalue weighted by Gasteiger charge is 2.36. The molecule has 6 heteroatoms. The van der Waals surface area contributed by atoms with Gasteiger partial charge in [0.1, 0.15) is 29.1 Å². The molecule has 1 aliphatic carbocycles. The number of pyridine rings is 1. The molecule has 1 aromatic heterocycles. The van der Waals surface area contributed by atoms with Gasteiger partial charge in [0.25, 0.3) is 0 Å². The highest BCUT2D eigenvalue weighted by Crippen LogP contribution is 2.35. The zero-order valence-electron chi connectivity index (χ0n) is 10.2. The number of hydrogen-bond acceptors (Lipinski definition) is 4. The number of rotatable bonds is 2. The maximum Gasteiger partial charge on any atom is 0.171 e. The summed E-state index contributed by atoms with van der Waals surface area (Å²) in [5.74, 6) is -0.677. The van der Waals surface area contributed by atoms with Crippen molar-refractivity contribution in [3.8, 4) is 11.8 Å². The smallest absolute Gasteiger partial charge is 0.171 e. The Hall–Kier alpha value is -2.42. The summed E-state index contributed by atoms with van der Waals surface area (Å²) in [5.41, 5.74) is 3.45. The van der Waals surface area contributed by atoms with Gasteiger partial charge in [0, 0.05) is 30.5 Å². The van der Waals surface area contributed by atoms with Gasteiger partial charge in [-0.3, -0.25) is 0 Å². The third-order valence-corrected chi connectivity index (χ3v) is 2.67. The molecule has 0 aromatic carbocycles. The summed E-state index contributed by atoms with van der Waals surface area (Å²) in [6, 6.07) is 4.63. The fourth-order valence-electron chi connectivity index (χ4n) is 1.69. The average molecular weight is 263 g/mol. The monoisotopic (exact) mass is 263 g/mol. The molecule has 0 spiro atoms. The van der Waals surface area contributed by atoms with Crippen molar-refractivity contribution in [3.63, 3.8) is 0 Å². The molecule has 19 heavy (non-hydrogen) atoms. The topological polar surface area (TPSA) is 71.9 Å². The van der Waals surface area contributed by atoms with Crippen LogP contribution in [0, 0.1) is 11.3 Å². The molecule has 1 aliphatic rings. The van der Waals surface area contributed by atoms with Crippen LogP contribution >= 0.6 is 0 Å². The summed E-state index contributed by atoms with van der Waals surface area (Å²) in [6.07, 6.45) is 2.00. The number of nitriles is 1. The predicted molar refractivity (Wildman–Crippen MR) is 64.1 cm³/mol. The van der Waals surface area contributed by atoms with Crippen LogP contribution in [0.25, 0.3) is 0 Å². The molecule has 98 valence electrons. The second-order valence-electron chi connectivity index (χ2n) is 4.35. The minimum atomic E-state index is -1.89. The Balaban J connectivity index is 2.31. The lowest BCUT2D eigenvalue weighted by Crippen LogP contribution is -2.30. The fraction of sp³-hybridized carbons (Fsp3) is 0.231. The van der Waals surface area contributed by atoms with Gasteiger partial charge in [-0.15, -0.1) is 0 Å². The molecule has 0 bridgehead atoms. The standard InChI is InChI=1S/C13H11F2N3O/c1-13(15)6-11(17)10(14)5-12(13)19-9-2-3-18-8(4-9)7-16/h2-5H,6,17H2,1H3. The van der Waals surface area contributed by atoms with Crippen molar-refractivity contribution in [1.29, 1.82) is 5.26 Å².